The Labute approximate surface area is 105 Å². The lowest BCUT2D eigenvalue weighted by atomic mass is 9.93. The smallest absolute Gasteiger partial charge is 0.108 e. The van der Waals surface area contributed by atoms with Crippen molar-refractivity contribution in [1.29, 1.82) is 0 Å². The molecular formula is C14H25N3. The monoisotopic (exact) mass is 235 g/mol. The van der Waals surface area contributed by atoms with Crippen molar-refractivity contribution in [2.45, 2.75) is 51.0 Å². The normalized spacial score (nSPS) is 25.8. The van der Waals surface area contributed by atoms with Crippen molar-refractivity contribution in [1.82, 2.24) is 14.9 Å². The predicted molar refractivity (Wildman–Crippen MR) is 71.0 cm³/mol. The molecule has 2 atom stereocenters. The van der Waals surface area contributed by atoms with Crippen LogP contribution in [0, 0.1) is 5.92 Å². The number of hydrogen-bond donors (Lipinski definition) is 1. The molecule has 0 spiro atoms. The van der Waals surface area contributed by atoms with Gasteiger partial charge in [0.2, 0.25) is 0 Å². The molecule has 1 saturated carbocycles. The summed E-state index contributed by atoms with van der Waals surface area (Å²) in [6, 6.07) is 0.740. The summed E-state index contributed by atoms with van der Waals surface area (Å²) in [5, 5.41) is 3.46. The van der Waals surface area contributed by atoms with Gasteiger partial charge in [0.1, 0.15) is 5.82 Å². The fraction of sp³-hybridized carbons (Fsp3) is 0.786. The van der Waals surface area contributed by atoms with E-state index in [0.717, 1.165) is 18.4 Å². The van der Waals surface area contributed by atoms with Gasteiger partial charge < -0.3 is 9.88 Å². The SMILES string of the molecule is CNC1CCCCC(CCc2nccn2C)C1. The van der Waals surface area contributed by atoms with Crippen LogP contribution in [0.2, 0.25) is 0 Å². The van der Waals surface area contributed by atoms with Crippen molar-refractivity contribution in [3.63, 3.8) is 0 Å². The van der Waals surface area contributed by atoms with Gasteiger partial charge >= 0.3 is 0 Å². The van der Waals surface area contributed by atoms with E-state index in [-0.39, 0.29) is 0 Å². The summed E-state index contributed by atoms with van der Waals surface area (Å²) in [5.41, 5.74) is 0. The maximum atomic E-state index is 4.41. The van der Waals surface area contributed by atoms with Crippen molar-refractivity contribution in [3.8, 4) is 0 Å². The van der Waals surface area contributed by atoms with Crippen LogP contribution in [0.4, 0.5) is 0 Å². The second-order valence-electron chi connectivity index (χ2n) is 5.36. The van der Waals surface area contributed by atoms with E-state index in [1.54, 1.807) is 0 Å². The molecule has 1 N–H and O–H groups in total. The van der Waals surface area contributed by atoms with Crippen molar-refractivity contribution in [3.05, 3.63) is 18.2 Å². The van der Waals surface area contributed by atoms with Crippen LogP contribution in [0.15, 0.2) is 12.4 Å². The minimum atomic E-state index is 0.740. The standard InChI is InChI=1S/C14H25N3/c1-15-13-6-4-3-5-12(11-13)7-8-14-16-9-10-17(14)2/h9-10,12-13,15H,3-8,11H2,1-2H3. The fourth-order valence-corrected chi connectivity index (χ4v) is 2.96. The van der Waals surface area contributed by atoms with Crippen LogP contribution < -0.4 is 5.32 Å². The first kappa shape index (κ1) is 12.6. The Morgan fingerprint density at radius 1 is 1.41 bits per heavy atom. The lowest BCUT2D eigenvalue weighted by Crippen LogP contribution is -2.26. The molecule has 0 amide bonds. The summed E-state index contributed by atoms with van der Waals surface area (Å²) in [5.74, 6) is 2.11. The Morgan fingerprint density at radius 2 is 2.24 bits per heavy atom. The maximum Gasteiger partial charge on any atom is 0.108 e. The van der Waals surface area contributed by atoms with E-state index in [9.17, 15) is 0 Å². The summed E-state index contributed by atoms with van der Waals surface area (Å²) in [6.07, 6.45) is 13.3. The lowest BCUT2D eigenvalue weighted by Gasteiger charge is -2.19. The third-order valence-electron chi connectivity index (χ3n) is 4.14. The highest BCUT2D eigenvalue weighted by Crippen LogP contribution is 2.26. The van der Waals surface area contributed by atoms with Gasteiger partial charge in [-0.1, -0.05) is 19.3 Å². The Bertz CT molecular complexity index is 332. The molecule has 96 valence electrons. The van der Waals surface area contributed by atoms with Crippen molar-refractivity contribution in [2.75, 3.05) is 7.05 Å². The van der Waals surface area contributed by atoms with E-state index in [1.165, 1.54) is 44.3 Å². The van der Waals surface area contributed by atoms with Crippen LogP contribution >= 0.6 is 0 Å². The van der Waals surface area contributed by atoms with E-state index in [4.69, 9.17) is 0 Å². The van der Waals surface area contributed by atoms with Crippen LogP contribution in [0.25, 0.3) is 0 Å². The molecule has 2 rings (SSSR count). The molecule has 1 heterocycles. The van der Waals surface area contributed by atoms with Crippen molar-refractivity contribution >= 4 is 0 Å². The zero-order valence-corrected chi connectivity index (χ0v) is 11.2. The van der Waals surface area contributed by atoms with E-state index in [1.807, 2.05) is 12.4 Å². The number of nitrogens with one attached hydrogen (secondary N) is 1. The van der Waals surface area contributed by atoms with Crippen LogP contribution in [-0.2, 0) is 13.5 Å². The van der Waals surface area contributed by atoms with Crippen molar-refractivity contribution < 1.29 is 0 Å². The van der Waals surface area contributed by atoms with Crippen LogP contribution in [-0.4, -0.2) is 22.6 Å². The van der Waals surface area contributed by atoms with E-state index in [2.05, 4.69) is 29.0 Å². The number of nitrogens with zero attached hydrogens (tertiary/aromatic N) is 2. The first-order chi connectivity index (χ1) is 8.29. The largest absolute Gasteiger partial charge is 0.338 e. The molecule has 17 heavy (non-hydrogen) atoms. The van der Waals surface area contributed by atoms with Gasteiger partial charge in [-0.25, -0.2) is 4.98 Å². The zero-order valence-electron chi connectivity index (χ0n) is 11.2. The van der Waals surface area contributed by atoms with Gasteiger partial charge in [-0.2, -0.15) is 0 Å². The second-order valence-corrected chi connectivity index (χ2v) is 5.36. The molecule has 0 saturated heterocycles. The zero-order chi connectivity index (χ0) is 12.1. The summed E-state index contributed by atoms with van der Waals surface area (Å²) < 4.78 is 2.15. The molecule has 1 aromatic rings. The Kier molecular flexibility index (Phi) is 4.60. The molecule has 0 aromatic carbocycles. The number of hydrogen-bond acceptors (Lipinski definition) is 2. The molecule has 1 aliphatic rings. The minimum Gasteiger partial charge on any atom is -0.338 e. The first-order valence-electron chi connectivity index (χ1n) is 6.93. The van der Waals surface area contributed by atoms with Gasteiger partial charge in [0.25, 0.3) is 0 Å². The molecule has 1 aliphatic carbocycles. The lowest BCUT2D eigenvalue weighted by molar-refractivity contribution is 0.378. The van der Waals surface area contributed by atoms with Gasteiger partial charge in [0.05, 0.1) is 0 Å². The maximum absolute atomic E-state index is 4.41. The summed E-state index contributed by atoms with van der Waals surface area (Å²) in [4.78, 5) is 4.41. The molecule has 1 aromatic heterocycles. The van der Waals surface area contributed by atoms with Crippen molar-refractivity contribution in [2.24, 2.45) is 13.0 Å². The summed E-state index contributed by atoms with van der Waals surface area (Å²) in [6.45, 7) is 0. The van der Waals surface area contributed by atoms with E-state index in [0.29, 0.717) is 0 Å². The third kappa shape index (κ3) is 3.56. The number of imidazole rings is 1. The molecule has 1 fully saturated rings. The van der Waals surface area contributed by atoms with Gasteiger partial charge in [-0.15, -0.1) is 0 Å². The molecule has 3 heteroatoms. The highest BCUT2D eigenvalue weighted by Gasteiger charge is 2.19. The average Bonchev–Trinajstić information content (AvgIpc) is 2.62. The highest BCUT2D eigenvalue weighted by molar-refractivity contribution is 4.91. The highest BCUT2D eigenvalue weighted by atomic mass is 15.0. The average molecular weight is 235 g/mol. The van der Waals surface area contributed by atoms with Gasteiger partial charge in [-0.05, 0) is 32.2 Å². The number of rotatable bonds is 4. The van der Waals surface area contributed by atoms with Crippen LogP contribution in [0.1, 0.15) is 44.3 Å². The minimum absolute atomic E-state index is 0.740. The fourth-order valence-electron chi connectivity index (χ4n) is 2.96. The van der Waals surface area contributed by atoms with Crippen LogP contribution in [0.5, 0.6) is 0 Å². The molecule has 3 nitrogen and oxygen atoms in total. The third-order valence-corrected chi connectivity index (χ3v) is 4.14. The molecular weight excluding hydrogens is 210 g/mol. The molecule has 0 bridgehead atoms. The topological polar surface area (TPSA) is 29.9 Å². The number of aromatic nitrogens is 2. The van der Waals surface area contributed by atoms with Crippen LogP contribution in [0.3, 0.4) is 0 Å². The quantitative estimate of drug-likeness (QED) is 0.813. The van der Waals surface area contributed by atoms with E-state index >= 15 is 0 Å². The number of aryl methyl sites for hydroxylation is 2. The van der Waals surface area contributed by atoms with E-state index < -0.39 is 0 Å². The first-order valence-corrected chi connectivity index (χ1v) is 6.93. The summed E-state index contributed by atoms with van der Waals surface area (Å²) >= 11 is 0. The molecule has 0 radical (unpaired) electrons. The van der Waals surface area contributed by atoms with Gasteiger partial charge in [-0.3, -0.25) is 0 Å². The Morgan fingerprint density at radius 3 is 2.94 bits per heavy atom. The van der Waals surface area contributed by atoms with Gasteiger partial charge in [0.15, 0.2) is 0 Å². The Balaban J connectivity index is 1.83. The molecule has 0 aliphatic heterocycles. The summed E-state index contributed by atoms with van der Waals surface area (Å²) in [7, 11) is 4.19. The predicted octanol–water partition coefficient (Wildman–Crippen LogP) is 2.52. The molecule has 2 unspecified atom stereocenters. The van der Waals surface area contributed by atoms with Gasteiger partial charge in [0, 0.05) is 31.9 Å². The second kappa shape index (κ2) is 6.20. The Hall–Kier alpha value is -0.830.